The first-order valence-electron chi connectivity index (χ1n) is 18.7. The molecular formula is C42H44F12N4O2P2S2. The maximum atomic E-state index is 9.87. The number of ether oxygens (including phenoxy) is 2. The van der Waals surface area contributed by atoms with Crippen molar-refractivity contribution in [3.63, 3.8) is 0 Å². The second-order valence-electron chi connectivity index (χ2n) is 13.7. The van der Waals surface area contributed by atoms with Crippen LogP contribution in [0.1, 0.15) is 22.3 Å². The van der Waals surface area contributed by atoms with Crippen LogP contribution in [-0.4, -0.2) is 38.7 Å². The summed E-state index contributed by atoms with van der Waals surface area (Å²) in [5, 5.41) is 13.8. The molecule has 0 aliphatic rings. The predicted molar refractivity (Wildman–Crippen MR) is 240 cm³/mol. The third-order valence-corrected chi connectivity index (χ3v) is 10.8. The van der Waals surface area contributed by atoms with Gasteiger partial charge in [-0.3, -0.25) is 20.6 Å². The minimum atomic E-state index is -10.7. The fourth-order valence-corrected chi connectivity index (χ4v) is 7.88. The molecule has 64 heavy (non-hydrogen) atoms. The molecule has 0 saturated carbocycles. The number of rotatable bonds is 11. The van der Waals surface area contributed by atoms with Gasteiger partial charge < -0.3 is 9.47 Å². The van der Waals surface area contributed by atoms with Crippen LogP contribution >= 0.6 is 39.1 Å². The quantitative estimate of drug-likeness (QED) is 0.0449. The molecule has 6 aromatic carbocycles. The summed E-state index contributed by atoms with van der Waals surface area (Å²) >= 11 is 3.50. The summed E-state index contributed by atoms with van der Waals surface area (Å²) in [5.41, 5.74) is 6.73. The van der Waals surface area contributed by atoms with E-state index in [0.717, 1.165) is 77.1 Å². The van der Waals surface area contributed by atoms with Crippen molar-refractivity contribution in [1.82, 2.24) is 10.6 Å². The van der Waals surface area contributed by atoms with Gasteiger partial charge in [-0.1, -0.05) is 109 Å². The molecule has 0 aliphatic carbocycles. The molecule has 0 unspecified atom stereocenters. The number of hydrogen-bond acceptors (Lipinski definition) is 4. The number of benzene rings is 6. The molecule has 0 heterocycles. The maximum absolute atomic E-state index is 10.7. The number of hydrogen-bond donors (Lipinski definition) is 4. The fourth-order valence-electron chi connectivity index (χ4n) is 6.23. The van der Waals surface area contributed by atoms with Gasteiger partial charge in [0, 0.05) is 33.8 Å². The monoisotopic (exact) mass is 990 g/mol. The Balaban J connectivity index is 0.000000555. The van der Waals surface area contributed by atoms with Crippen LogP contribution < -0.4 is 30.1 Å². The van der Waals surface area contributed by atoms with Gasteiger partial charge in [0.05, 0.1) is 28.3 Å². The number of nitrogens with one attached hydrogen (secondary N) is 4. The van der Waals surface area contributed by atoms with Gasteiger partial charge in [-0.05, 0) is 68.3 Å². The molecule has 6 aromatic rings. The number of methoxy groups -OCH3 is 2. The van der Waals surface area contributed by atoms with Crippen molar-refractivity contribution < 1.29 is 69.8 Å². The molecule has 0 saturated heterocycles. The number of halogens is 12. The van der Waals surface area contributed by atoms with Gasteiger partial charge in [-0.15, -0.1) is 0 Å². The van der Waals surface area contributed by atoms with E-state index in [1.807, 2.05) is 26.2 Å². The van der Waals surface area contributed by atoms with Crippen LogP contribution in [0.15, 0.2) is 121 Å². The molecule has 0 fully saturated rings. The van der Waals surface area contributed by atoms with Gasteiger partial charge in [-0.25, -0.2) is 0 Å². The SMILES string of the molecule is C[NH+]=C(NCc1cc2ccccc2c(-c2c(OC)c(CNC(=[NH+]C)SCc3ccccc3)cc3ccccc23)c1OC)SCc1ccccc1.F[P-](F)(F)(F)(F)F.F[P-](F)(F)(F)(F)F. The number of thioether (sulfide) groups is 2. The summed E-state index contributed by atoms with van der Waals surface area (Å²) in [5.74, 6) is 3.39. The summed E-state index contributed by atoms with van der Waals surface area (Å²) in [6.45, 7) is 1.17. The molecule has 4 N–H and O–H groups in total. The third kappa shape index (κ3) is 19.1. The molecule has 0 amide bonds. The first-order valence-corrected chi connectivity index (χ1v) is 24.8. The molecule has 22 heteroatoms. The van der Waals surface area contributed by atoms with Crippen molar-refractivity contribution in [2.45, 2.75) is 24.6 Å². The van der Waals surface area contributed by atoms with Crippen molar-refractivity contribution in [2.24, 2.45) is 0 Å². The van der Waals surface area contributed by atoms with E-state index in [4.69, 9.17) is 9.47 Å². The Morgan fingerprint density at radius 2 is 0.781 bits per heavy atom. The van der Waals surface area contributed by atoms with E-state index in [1.54, 1.807) is 37.7 Å². The van der Waals surface area contributed by atoms with E-state index >= 15 is 0 Å². The normalized spacial score (nSPS) is 14.4. The second kappa shape index (κ2) is 19.3. The molecule has 6 nitrogen and oxygen atoms in total. The Hall–Kier alpha value is -4.90. The molecule has 350 valence electrons. The van der Waals surface area contributed by atoms with Gasteiger partial charge in [0.1, 0.15) is 24.6 Å². The van der Waals surface area contributed by atoms with Crippen LogP contribution in [0.25, 0.3) is 32.7 Å². The minimum absolute atomic E-state index is 0.583. The van der Waals surface area contributed by atoms with Gasteiger partial charge in [-0.2, -0.15) is 0 Å². The van der Waals surface area contributed by atoms with E-state index in [-0.39, 0.29) is 0 Å². The molecular weight excluding hydrogens is 947 g/mol. The van der Waals surface area contributed by atoms with Gasteiger partial charge >= 0.3 is 76.3 Å². The fraction of sp³-hybridized carbons (Fsp3) is 0.190. The van der Waals surface area contributed by atoms with E-state index in [1.165, 1.54) is 11.1 Å². The van der Waals surface area contributed by atoms with Gasteiger partial charge in [0.2, 0.25) is 0 Å². The van der Waals surface area contributed by atoms with Crippen molar-refractivity contribution in [3.05, 3.63) is 144 Å². The summed E-state index contributed by atoms with van der Waals surface area (Å²) in [6.07, 6.45) is 0. The summed E-state index contributed by atoms with van der Waals surface area (Å²) in [4.78, 5) is 6.70. The summed E-state index contributed by atoms with van der Waals surface area (Å²) in [7, 11) is -13.9. The zero-order valence-electron chi connectivity index (χ0n) is 34.4. The first kappa shape index (κ1) is 51.7. The molecule has 0 aliphatic heterocycles. The van der Waals surface area contributed by atoms with Crippen molar-refractivity contribution in [1.29, 1.82) is 0 Å². The van der Waals surface area contributed by atoms with Crippen molar-refractivity contribution >= 4 is 71.0 Å². The van der Waals surface area contributed by atoms with Crippen LogP contribution in [0, 0.1) is 0 Å². The zero-order chi connectivity index (χ0) is 47.5. The summed E-state index contributed by atoms with van der Waals surface area (Å²) < 4.78 is 131. The molecule has 6 rings (SSSR count). The Morgan fingerprint density at radius 1 is 0.484 bits per heavy atom. The van der Waals surface area contributed by atoms with Crippen molar-refractivity contribution in [2.75, 3.05) is 28.3 Å². The topological polar surface area (TPSA) is 70.5 Å². The Kier molecular flexibility index (Phi) is 15.6. The molecule has 0 bridgehead atoms. The van der Waals surface area contributed by atoms with Crippen LogP contribution in [0.2, 0.25) is 0 Å². The van der Waals surface area contributed by atoms with Gasteiger partial charge in [0.25, 0.3) is 0 Å². The van der Waals surface area contributed by atoms with Crippen LogP contribution in [0.3, 0.4) is 0 Å². The standard InChI is InChI=1S/C42H42N4O2S2.2F6P/c1-43-41(49-27-29-15-7-5-8-16-29)45-25-33-23-31-19-11-13-21-35(31)37(39(33)47-3)38-36-22-14-12-20-32(36)24-34(40(38)48-4)26-46-42(44-2)50-28-30-17-9-6-10-18-30;2*1-7(2,3,4,5)6/h5-24H,25-28H2,1-4H3,(H,43,45)(H,44,46);;/q;2*-1/p+2. The van der Waals surface area contributed by atoms with E-state index in [9.17, 15) is 50.4 Å². The Labute approximate surface area is 369 Å². The predicted octanol–water partition coefficient (Wildman–Crippen LogP) is 12.6. The van der Waals surface area contributed by atoms with Crippen molar-refractivity contribution in [3.8, 4) is 22.6 Å². The zero-order valence-corrected chi connectivity index (χ0v) is 37.9. The van der Waals surface area contributed by atoms with Crippen LogP contribution in [0.5, 0.6) is 11.5 Å². The molecule has 0 spiro atoms. The average Bonchev–Trinajstić information content (AvgIpc) is 3.21. The van der Waals surface area contributed by atoms with Crippen LogP contribution in [0.4, 0.5) is 50.4 Å². The third-order valence-electron chi connectivity index (χ3n) is 8.60. The van der Waals surface area contributed by atoms with Gasteiger partial charge in [0.15, 0.2) is 0 Å². The average molecular weight is 991 g/mol. The van der Waals surface area contributed by atoms with Crippen LogP contribution in [-0.2, 0) is 24.6 Å². The number of fused-ring (bicyclic) bond motifs is 2. The van der Waals surface area contributed by atoms with E-state index < -0.39 is 15.6 Å². The Bertz CT molecular complexity index is 2410. The van der Waals surface area contributed by atoms with E-state index in [0.29, 0.717) is 13.1 Å². The number of amidine groups is 2. The molecule has 0 aromatic heterocycles. The molecule has 0 radical (unpaired) electrons. The Morgan fingerprint density at radius 3 is 1.08 bits per heavy atom. The second-order valence-corrected chi connectivity index (χ2v) is 19.5. The summed E-state index contributed by atoms with van der Waals surface area (Å²) in [6, 6.07) is 42.6. The molecule has 0 atom stereocenters. The first-order chi connectivity index (χ1) is 29.5. The van der Waals surface area contributed by atoms with E-state index in [2.05, 4.69) is 130 Å².